The van der Waals surface area contributed by atoms with Crippen molar-refractivity contribution in [1.29, 1.82) is 0 Å². The van der Waals surface area contributed by atoms with Gasteiger partial charge in [0.15, 0.2) is 6.61 Å². The van der Waals surface area contributed by atoms with E-state index in [1.165, 1.54) is 18.2 Å². The lowest BCUT2D eigenvalue weighted by atomic mass is 10.2. The number of hydrogen-bond acceptors (Lipinski definition) is 5. The van der Waals surface area contributed by atoms with Gasteiger partial charge in [-0.05, 0) is 67.6 Å². The predicted octanol–water partition coefficient (Wildman–Crippen LogP) is 4.27. The molecule has 3 aromatic carbocycles. The molecular formula is C24H21FN2O5. The van der Waals surface area contributed by atoms with Crippen molar-refractivity contribution in [3.63, 3.8) is 0 Å². The Morgan fingerprint density at radius 3 is 2.12 bits per heavy atom. The summed E-state index contributed by atoms with van der Waals surface area (Å²) >= 11 is 0. The zero-order valence-electron chi connectivity index (χ0n) is 17.3. The Morgan fingerprint density at radius 2 is 1.47 bits per heavy atom. The lowest BCUT2D eigenvalue weighted by Gasteiger charge is -2.09. The molecule has 0 saturated carbocycles. The van der Waals surface area contributed by atoms with Crippen LogP contribution >= 0.6 is 0 Å². The molecule has 32 heavy (non-hydrogen) atoms. The highest BCUT2D eigenvalue weighted by Gasteiger charge is 2.14. The molecule has 0 aliphatic rings. The molecule has 0 unspecified atom stereocenters. The fourth-order valence-electron chi connectivity index (χ4n) is 2.74. The van der Waals surface area contributed by atoms with Gasteiger partial charge < -0.3 is 20.1 Å². The third-order valence-corrected chi connectivity index (χ3v) is 4.28. The van der Waals surface area contributed by atoms with Crippen LogP contribution in [0.4, 0.5) is 15.8 Å². The van der Waals surface area contributed by atoms with Gasteiger partial charge >= 0.3 is 5.97 Å². The molecular weight excluding hydrogens is 415 g/mol. The van der Waals surface area contributed by atoms with Crippen molar-refractivity contribution in [1.82, 2.24) is 0 Å². The average molecular weight is 436 g/mol. The number of esters is 1. The molecule has 0 fully saturated rings. The van der Waals surface area contributed by atoms with E-state index in [2.05, 4.69) is 10.6 Å². The second-order valence-electron chi connectivity index (χ2n) is 6.59. The molecule has 0 aliphatic carbocycles. The van der Waals surface area contributed by atoms with Crippen LogP contribution in [0.2, 0.25) is 0 Å². The van der Waals surface area contributed by atoms with Gasteiger partial charge in [-0.25, -0.2) is 9.18 Å². The molecule has 0 aromatic heterocycles. The van der Waals surface area contributed by atoms with Gasteiger partial charge in [0.25, 0.3) is 11.8 Å². The van der Waals surface area contributed by atoms with E-state index in [1.54, 1.807) is 48.5 Å². The normalized spacial score (nSPS) is 10.2. The number of halogens is 1. The number of ether oxygens (including phenoxy) is 2. The highest BCUT2D eigenvalue weighted by atomic mass is 19.1. The first-order chi connectivity index (χ1) is 15.5. The minimum absolute atomic E-state index is 0.247. The van der Waals surface area contributed by atoms with Crippen LogP contribution in [0.15, 0.2) is 72.8 Å². The maximum atomic E-state index is 13.6. The van der Waals surface area contributed by atoms with Gasteiger partial charge in [-0.1, -0.05) is 12.1 Å². The number of rotatable bonds is 8. The molecule has 2 amide bonds. The Balaban J connectivity index is 1.50. The second-order valence-corrected chi connectivity index (χ2v) is 6.59. The number of carbonyl (C=O) groups excluding carboxylic acids is 3. The van der Waals surface area contributed by atoms with Gasteiger partial charge in [0, 0.05) is 16.9 Å². The van der Waals surface area contributed by atoms with Crippen molar-refractivity contribution in [3.8, 4) is 5.75 Å². The summed E-state index contributed by atoms with van der Waals surface area (Å²) in [5.74, 6) is -1.85. The maximum Gasteiger partial charge on any atom is 0.341 e. The number of nitrogens with one attached hydrogen (secondary N) is 2. The fraction of sp³-hybridized carbons (Fsp3) is 0.125. The van der Waals surface area contributed by atoms with E-state index in [9.17, 15) is 18.8 Å². The van der Waals surface area contributed by atoms with Gasteiger partial charge in [0.1, 0.15) is 11.6 Å². The molecule has 0 bridgehead atoms. The molecule has 0 atom stereocenters. The van der Waals surface area contributed by atoms with Crippen LogP contribution < -0.4 is 15.4 Å². The smallest absolute Gasteiger partial charge is 0.341 e. The maximum absolute atomic E-state index is 13.6. The monoisotopic (exact) mass is 436 g/mol. The molecule has 2 N–H and O–H groups in total. The van der Waals surface area contributed by atoms with Crippen molar-refractivity contribution in [3.05, 3.63) is 89.7 Å². The van der Waals surface area contributed by atoms with Crippen LogP contribution in [-0.4, -0.2) is 31.0 Å². The molecule has 0 aliphatic heterocycles. The summed E-state index contributed by atoms with van der Waals surface area (Å²) in [5.41, 5.74) is 1.17. The molecule has 164 valence electrons. The average Bonchev–Trinajstić information content (AvgIpc) is 2.80. The summed E-state index contributed by atoms with van der Waals surface area (Å²) in [6.07, 6.45) is 0. The van der Waals surface area contributed by atoms with Gasteiger partial charge in [0.05, 0.1) is 12.2 Å². The third-order valence-electron chi connectivity index (χ3n) is 4.28. The van der Waals surface area contributed by atoms with Gasteiger partial charge in [0.2, 0.25) is 0 Å². The highest BCUT2D eigenvalue weighted by molar-refractivity contribution is 6.04. The van der Waals surface area contributed by atoms with E-state index >= 15 is 0 Å². The SMILES string of the molecule is CCOc1ccc(NC(=O)c2ccc(NC(=O)COC(=O)c3ccccc3F)cc2)cc1. The first-order valence-corrected chi connectivity index (χ1v) is 9.82. The number of carbonyl (C=O) groups is 3. The van der Waals surface area contributed by atoms with Crippen LogP contribution in [0, 0.1) is 5.82 Å². The Bertz CT molecular complexity index is 1100. The number of hydrogen-bond donors (Lipinski definition) is 2. The molecule has 7 nitrogen and oxygen atoms in total. The van der Waals surface area contributed by atoms with Crippen molar-refractivity contribution in [2.45, 2.75) is 6.92 Å². The molecule has 0 spiro atoms. The van der Waals surface area contributed by atoms with E-state index in [0.29, 0.717) is 29.3 Å². The minimum Gasteiger partial charge on any atom is -0.494 e. The molecule has 8 heteroatoms. The van der Waals surface area contributed by atoms with Crippen molar-refractivity contribution >= 4 is 29.2 Å². The van der Waals surface area contributed by atoms with Crippen LogP contribution in [-0.2, 0) is 9.53 Å². The van der Waals surface area contributed by atoms with Crippen LogP contribution in [0.25, 0.3) is 0 Å². The molecule has 3 rings (SSSR count). The van der Waals surface area contributed by atoms with Crippen LogP contribution in [0.5, 0.6) is 5.75 Å². The first-order valence-electron chi connectivity index (χ1n) is 9.82. The largest absolute Gasteiger partial charge is 0.494 e. The molecule has 0 radical (unpaired) electrons. The minimum atomic E-state index is -0.931. The number of amides is 2. The van der Waals surface area contributed by atoms with Crippen LogP contribution in [0.3, 0.4) is 0 Å². The summed E-state index contributed by atoms with van der Waals surface area (Å²) in [5, 5.41) is 5.31. The topological polar surface area (TPSA) is 93.7 Å². The van der Waals surface area contributed by atoms with Gasteiger partial charge in [-0.2, -0.15) is 0 Å². The second kappa shape index (κ2) is 10.7. The van der Waals surface area contributed by atoms with E-state index in [4.69, 9.17) is 9.47 Å². The molecule has 0 saturated heterocycles. The van der Waals surface area contributed by atoms with E-state index in [-0.39, 0.29) is 11.5 Å². The predicted molar refractivity (Wildman–Crippen MR) is 117 cm³/mol. The standard InChI is InChI=1S/C24H21FN2O5/c1-2-31-19-13-11-18(12-14-19)27-23(29)16-7-9-17(10-8-16)26-22(28)15-32-24(30)20-5-3-4-6-21(20)25/h3-14H,2,15H2,1H3,(H,26,28)(H,27,29). The summed E-state index contributed by atoms with van der Waals surface area (Å²) in [7, 11) is 0. The van der Waals surface area contributed by atoms with Crippen molar-refractivity contribution in [2.24, 2.45) is 0 Å². The quantitative estimate of drug-likeness (QED) is 0.515. The lowest BCUT2D eigenvalue weighted by molar-refractivity contribution is -0.119. The lowest BCUT2D eigenvalue weighted by Crippen LogP contribution is -2.21. The van der Waals surface area contributed by atoms with Gasteiger partial charge in [-0.3, -0.25) is 9.59 Å². The van der Waals surface area contributed by atoms with Gasteiger partial charge in [-0.15, -0.1) is 0 Å². The Labute approximate surface area is 184 Å². The van der Waals surface area contributed by atoms with E-state index in [1.807, 2.05) is 6.92 Å². The number of benzene rings is 3. The number of anilines is 2. The summed E-state index contributed by atoms with van der Waals surface area (Å²) in [6, 6.07) is 18.5. The summed E-state index contributed by atoms with van der Waals surface area (Å²) < 4.78 is 23.8. The van der Waals surface area contributed by atoms with E-state index in [0.717, 1.165) is 6.07 Å². The highest BCUT2D eigenvalue weighted by Crippen LogP contribution is 2.17. The van der Waals surface area contributed by atoms with Crippen molar-refractivity contribution < 1.29 is 28.2 Å². The zero-order chi connectivity index (χ0) is 22.9. The zero-order valence-corrected chi connectivity index (χ0v) is 17.3. The summed E-state index contributed by atoms with van der Waals surface area (Å²) in [6.45, 7) is 1.87. The Hall–Kier alpha value is -4.20. The Morgan fingerprint density at radius 1 is 0.844 bits per heavy atom. The fourth-order valence-corrected chi connectivity index (χ4v) is 2.74. The van der Waals surface area contributed by atoms with Crippen molar-refractivity contribution in [2.75, 3.05) is 23.8 Å². The van der Waals surface area contributed by atoms with Crippen LogP contribution in [0.1, 0.15) is 27.6 Å². The molecule has 3 aromatic rings. The summed E-state index contributed by atoms with van der Waals surface area (Å²) in [4.78, 5) is 36.2. The van der Waals surface area contributed by atoms with E-state index < -0.39 is 24.3 Å². The Kier molecular flexibility index (Phi) is 7.53. The third kappa shape index (κ3) is 6.15. The first kappa shape index (κ1) is 22.5. The molecule has 0 heterocycles.